The molecule has 1 N–H and O–H groups in total. The average Bonchev–Trinajstić information content (AvgIpc) is 2.73. The van der Waals surface area contributed by atoms with Crippen LogP contribution in [0.3, 0.4) is 0 Å². The number of esters is 1. The van der Waals surface area contributed by atoms with Crippen molar-refractivity contribution in [1.29, 1.82) is 5.26 Å². The lowest BCUT2D eigenvalue weighted by Crippen LogP contribution is -2.28. The third-order valence-corrected chi connectivity index (χ3v) is 4.76. The number of rotatable bonds is 5. The highest BCUT2D eigenvalue weighted by Gasteiger charge is 2.12. The molecule has 2 aromatic carbocycles. The smallest absolute Gasteiger partial charge is 0.337 e. The van der Waals surface area contributed by atoms with Gasteiger partial charge in [0.25, 0.3) is 0 Å². The van der Waals surface area contributed by atoms with Crippen LogP contribution in [0.25, 0.3) is 11.1 Å². The van der Waals surface area contributed by atoms with Crippen molar-refractivity contribution in [1.82, 2.24) is 5.32 Å². The molecule has 0 atom stereocenters. The van der Waals surface area contributed by atoms with Crippen LogP contribution in [0.5, 0.6) is 0 Å². The van der Waals surface area contributed by atoms with E-state index >= 15 is 0 Å². The van der Waals surface area contributed by atoms with Crippen LogP contribution in [0, 0.1) is 17.2 Å². The number of nitriles is 1. The first-order chi connectivity index (χ1) is 13.2. The average molecular weight is 361 g/mol. The van der Waals surface area contributed by atoms with Crippen molar-refractivity contribution in [2.75, 3.05) is 26.7 Å². The summed E-state index contributed by atoms with van der Waals surface area (Å²) in [5, 5.41) is 12.5. The normalized spacial score (nSPS) is 14.8. The lowest BCUT2D eigenvalue weighted by molar-refractivity contribution is 0.0600. The fourth-order valence-corrected chi connectivity index (χ4v) is 3.27. The zero-order valence-electron chi connectivity index (χ0n) is 15.4. The molecule has 2 aromatic rings. The molecule has 5 nitrogen and oxygen atoms in total. The summed E-state index contributed by atoms with van der Waals surface area (Å²) in [6, 6.07) is 15.0. The highest BCUT2D eigenvalue weighted by molar-refractivity contribution is 5.94. The van der Waals surface area contributed by atoms with E-state index in [0.29, 0.717) is 17.0 Å². The molecule has 138 valence electrons. The number of piperidine rings is 1. The van der Waals surface area contributed by atoms with Gasteiger partial charge in [-0.25, -0.2) is 4.79 Å². The molecule has 0 unspecified atom stereocenters. The lowest BCUT2D eigenvalue weighted by atomic mass is 9.98. The monoisotopic (exact) mass is 361 g/mol. The number of methoxy groups -OCH3 is 1. The van der Waals surface area contributed by atoms with Gasteiger partial charge in [0.2, 0.25) is 0 Å². The summed E-state index contributed by atoms with van der Waals surface area (Å²) in [6.45, 7) is 2.90. The summed E-state index contributed by atoms with van der Waals surface area (Å²) in [5.41, 5.74) is 3.65. The molecule has 0 saturated carbocycles. The molecule has 5 heteroatoms. The summed E-state index contributed by atoms with van der Waals surface area (Å²) < 4.78 is 4.88. The quantitative estimate of drug-likeness (QED) is 0.654. The fourth-order valence-electron chi connectivity index (χ4n) is 3.27. The van der Waals surface area contributed by atoms with E-state index in [0.717, 1.165) is 49.2 Å². The maximum absolute atomic E-state index is 12.1. The van der Waals surface area contributed by atoms with Crippen LogP contribution in [0.1, 0.15) is 34.3 Å². The maximum Gasteiger partial charge on any atom is 0.337 e. The number of hydrogen-bond acceptors (Lipinski definition) is 5. The second-order valence-electron chi connectivity index (χ2n) is 6.72. The van der Waals surface area contributed by atoms with Gasteiger partial charge in [-0.2, -0.15) is 5.26 Å². The van der Waals surface area contributed by atoms with E-state index < -0.39 is 0 Å². The number of benzene rings is 2. The van der Waals surface area contributed by atoms with Gasteiger partial charge >= 0.3 is 5.97 Å². The summed E-state index contributed by atoms with van der Waals surface area (Å²) in [4.78, 5) is 16.7. The molecule has 0 spiro atoms. The Hall–Kier alpha value is -2.97. The topological polar surface area (TPSA) is 74.5 Å². The van der Waals surface area contributed by atoms with E-state index in [1.165, 1.54) is 7.11 Å². The Morgan fingerprint density at radius 1 is 1.26 bits per heavy atom. The van der Waals surface area contributed by atoms with E-state index in [1.54, 1.807) is 18.2 Å². The second-order valence-corrected chi connectivity index (χ2v) is 6.72. The molecular weight excluding hydrogens is 338 g/mol. The van der Waals surface area contributed by atoms with E-state index in [9.17, 15) is 4.79 Å². The first kappa shape index (κ1) is 18.8. The van der Waals surface area contributed by atoms with Crippen molar-refractivity contribution >= 4 is 12.2 Å². The van der Waals surface area contributed by atoms with Gasteiger partial charge in [0.15, 0.2) is 0 Å². The van der Waals surface area contributed by atoms with Crippen LogP contribution in [0.4, 0.5) is 0 Å². The van der Waals surface area contributed by atoms with Gasteiger partial charge in [-0.1, -0.05) is 12.1 Å². The van der Waals surface area contributed by atoms with Crippen molar-refractivity contribution in [3.05, 3.63) is 59.2 Å². The fraction of sp³-hybridized carbons (Fsp3) is 0.318. The zero-order valence-corrected chi connectivity index (χ0v) is 15.4. The van der Waals surface area contributed by atoms with Crippen molar-refractivity contribution in [2.45, 2.75) is 12.8 Å². The van der Waals surface area contributed by atoms with Gasteiger partial charge in [0.05, 0.1) is 24.3 Å². The van der Waals surface area contributed by atoms with E-state index in [4.69, 9.17) is 10.00 Å². The molecule has 1 saturated heterocycles. The predicted molar refractivity (Wildman–Crippen MR) is 106 cm³/mol. The number of aliphatic imine (C=N–C) groups is 1. The Morgan fingerprint density at radius 3 is 2.81 bits per heavy atom. The Morgan fingerprint density at radius 2 is 2.07 bits per heavy atom. The van der Waals surface area contributed by atoms with Crippen LogP contribution in [0.15, 0.2) is 47.5 Å². The SMILES string of the molecule is COC(=O)c1cc(/C=N/CC2CCNCC2)cc(-c2cccc(C#N)c2)c1. The minimum Gasteiger partial charge on any atom is -0.465 e. The minimum atomic E-state index is -0.388. The number of ether oxygens (including phenoxy) is 1. The van der Waals surface area contributed by atoms with E-state index in [2.05, 4.69) is 16.4 Å². The number of nitrogens with zero attached hydrogens (tertiary/aromatic N) is 2. The molecule has 0 bridgehead atoms. The Bertz CT molecular complexity index is 877. The van der Waals surface area contributed by atoms with Crippen LogP contribution in [0.2, 0.25) is 0 Å². The van der Waals surface area contributed by atoms with Crippen molar-refractivity contribution in [2.24, 2.45) is 10.9 Å². The van der Waals surface area contributed by atoms with Crippen LogP contribution < -0.4 is 5.32 Å². The van der Waals surface area contributed by atoms with Crippen LogP contribution in [-0.4, -0.2) is 38.9 Å². The summed E-state index contributed by atoms with van der Waals surface area (Å²) >= 11 is 0. The highest BCUT2D eigenvalue weighted by Crippen LogP contribution is 2.24. The molecule has 1 heterocycles. The van der Waals surface area contributed by atoms with E-state index in [-0.39, 0.29) is 5.97 Å². The van der Waals surface area contributed by atoms with Gasteiger partial charge < -0.3 is 10.1 Å². The van der Waals surface area contributed by atoms with Crippen LogP contribution >= 0.6 is 0 Å². The van der Waals surface area contributed by atoms with Gasteiger partial charge in [0.1, 0.15) is 0 Å². The van der Waals surface area contributed by atoms with Crippen LogP contribution in [-0.2, 0) is 4.74 Å². The lowest BCUT2D eigenvalue weighted by Gasteiger charge is -2.20. The van der Waals surface area contributed by atoms with Gasteiger partial charge in [0, 0.05) is 12.8 Å². The second kappa shape index (κ2) is 9.11. The largest absolute Gasteiger partial charge is 0.465 e. The third kappa shape index (κ3) is 5.02. The standard InChI is InChI=1S/C22H23N3O2/c1-27-22(26)21-11-18(15-25-14-16-5-7-24-8-6-16)10-20(12-21)19-4-2-3-17(9-19)13-23/h2-4,9-12,15-16,24H,5-8,14H2,1H3/b25-15+. The maximum atomic E-state index is 12.1. The van der Waals surface area contributed by atoms with Crippen molar-refractivity contribution in [3.8, 4) is 17.2 Å². The Kier molecular flexibility index (Phi) is 6.35. The molecule has 0 aliphatic carbocycles. The predicted octanol–water partition coefficient (Wildman–Crippen LogP) is 3.43. The first-order valence-corrected chi connectivity index (χ1v) is 9.14. The summed E-state index contributed by atoms with van der Waals surface area (Å²) in [7, 11) is 1.37. The summed E-state index contributed by atoms with van der Waals surface area (Å²) in [6.07, 6.45) is 4.11. The molecule has 0 radical (unpaired) electrons. The van der Waals surface area contributed by atoms with E-state index in [1.807, 2.05) is 30.5 Å². The molecule has 27 heavy (non-hydrogen) atoms. The number of hydrogen-bond donors (Lipinski definition) is 1. The van der Waals surface area contributed by atoms with Gasteiger partial charge in [-0.15, -0.1) is 0 Å². The van der Waals surface area contributed by atoms with Gasteiger partial charge in [-0.05, 0) is 78.9 Å². The molecule has 0 amide bonds. The first-order valence-electron chi connectivity index (χ1n) is 9.14. The number of nitrogens with one attached hydrogen (secondary N) is 1. The third-order valence-electron chi connectivity index (χ3n) is 4.76. The minimum absolute atomic E-state index is 0.388. The molecular formula is C22H23N3O2. The number of carbonyl (C=O) groups is 1. The Balaban J connectivity index is 1.88. The molecule has 1 aliphatic rings. The Labute approximate surface area is 159 Å². The highest BCUT2D eigenvalue weighted by atomic mass is 16.5. The molecule has 1 aliphatic heterocycles. The number of carbonyl (C=O) groups excluding carboxylic acids is 1. The molecule has 0 aromatic heterocycles. The summed E-state index contributed by atoms with van der Waals surface area (Å²) in [5.74, 6) is 0.222. The van der Waals surface area contributed by atoms with Gasteiger partial charge in [-0.3, -0.25) is 4.99 Å². The van der Waals surface area contributed by atoms with Crippen molar-refractivity contribution < 1.29 is 9.53 Å². The zero-order chi connectivity index (χ0) is 19.1. The van der Waals surface area contributed by atoms with Crippen molar-refractivity contribution in [3.63, 3.8) is 0 Å². The molecule has 1 fully saturated rings. The molecule has 3 rings (SSSR count).